The third kappa shape index (κ3) is 2.69. The molecule has 4 atom stereocenters. The van der Waals surface area contributed by atoms with E-state index in [0.29, 0.717) is 25.3 Å². The Morgan fingerprint density at radius 2 is 2.00 bits per heavy atom. The van der Waals surface area contributed by atoms with Gasteiger partial charge in [-0.15, -0.1) is 0 Å². The largest absolute Gasteiger partial charge is 0.385 e. The summed E-state index contributed by atoms with van der Waals surface area (Å²) in [5, 5.41) is 6.35. The molecule has 4 rings (SSSR count). The van der Waals surface area contributed by atoms with Gasteiger partial charge in [0.25, 0.3) is 0 Å². The summed E-state index contributed by atoms with van der Waals surface area (Å²) in [7, 11) is 1.60. The summed E-state index contributed by atoms with van der Waals surface area (Å²) >= 11 is 1.69. The molecule has 0 unspecified atom stereocenters. The van der Waals surface area contributed by atoms with Crippen molar-refractivity contribution in [2.75, 3.05) is 37.6 Å². The average molecular weight is 404 g/mol. The minimum atomic E-state index is -1.17. The van der Waals surface area contributed by atoms with Crippen LogP contribution in [0.25, 0.3) is 0 Å². The molecular weight excluding hydrogens is 378 g/mol. The lowest BCUT2D eigenvalue weighted by Crippen LogP contribution is -2.53. The van der Waals surface area contributed by atoms with Crippen LogP contribution in [0.3, 0.4) is 0 Å². The number of rotatable bonds is 7. The van der Waals surface area contributed by atoms with Crippen molar-refractivity contribution in [3.05, 3.63) is 29.8 Å². The number of carbonyl (C=O) groups is 3. The van der Waals surface area contributed by atoms with Crippen LogP contribution >= 0.6 is 11.8 Å². The molecule has 0 aliphatic carbocycles. The van der Waals surface area contributed by atoms with Crippen LogP contribution in [0.5, 0.6) is 0 Å². The molecule has 3 aliphatic heterocycles. The number of thioether (sulfide) groups is 1. The van der Waals surface area contributed by atoms with Gasteiger partial charge in [0.05, 0.1) is 11.8 Å². The Bertz CT molecular complexity index is 816. The number of likely N-dealkylation sites (tertiary alicyclic amines) is 1. The molecule has 0 bridgehead atoms. The molecule has 2 fully saturated rings. The van der Waals surface area contributed by atoms with E-state index < -0.39 is 17.4 Å². The topological polar surface area (TPSA) is 87.7 Å². The predicted molar refractivity (Wildman–Crippen MR) is 107 cm³/mol. The van der Waals surface area contributed by atoms with Crippen molar-refractivity contribution in [2.24, 2.45) is 11.8 Å². The first kappa shape index (κ1) is 19.4. The summed E-state index contributed by atoms with van der Waals surface area (Å²) in [5.74, 6) is -1.03. The average Bonchev–Trinajstić information content (AvgIpc) is 3.27. The van der Waals surface area contributed by atoms with Gasteiger partial charge in [0.15, 0.2) is 0 Å². The number of nitrogens with one attached hydrogen (secondary N) is 2. The molecular formula is C20H25N3O4S. The lowest BCUT2D eigenvalue weighted by atomic mass is 9.76. The van der Waals surface area contributed by atoms with E-state index in [1.54, 1.807) is 18.9 Å². The molecule has 1 aromatic carbocycles. The van der Waals surface area contributed by atoms with Crippen molar-refractivity contribution < 1.29 is 19.1 Å². The van der Waals surface area contributed by atoms with E-state index in [-0.39, 0.29) is 23.8 Å². The molecule has 7 nitrogen and oxygen atoms in total. The smallest absolute Gasteiger partial charge is 0.250 e. The van der Waals surface area contributed by atoms with E-state index in [0.717, 1.165) is 17.7 Å². The number of amides is 3. The molecule has 3 amide bonds. The minimum absolute atomic E-state index is 0.168. The van der Waals surface area contributed by atoms with Gasteiger partial charge in [0.2, 0.25) is 17.7 Å². The van der Waals surface area contributed by atoms with Gasteiger partial charge < -0.3 is 10.1 Å². The Morgan fingerprint density at radius 3 is 2.75 bits per heavy atom. The third-order valence-corrected chi connectivity index (χ3v) is 6.72. The zero-order valence-electron chi connectivity index (χ0n) is 16.1. The van der Waals surface area contributed by atoms with Gasteiger partial charge in [-0.1, -0.05) is 18.2 Å². The number of fused-ring (bicyclic) bond motifs is 4. The normalized spacial score (nSPS) is 30.9. The van der Waals surface area contributed by atoms with Crippen LogP contribution in [0.1, 0.15) is 18.4 Å². The van der Waals surface area contributed by atoms with Crippen molar-refractivity contribution >= 4 is 35.2 Å². The van der Waals surface area contributed by atoms with Gasteiger partial charge in [0.1, 0.15) is 5.54 Å². The van der Waals surface area contributed by atoms with Crippen LogP contribution < -0.4 is 10.6 Å². The number of imide groups is 1. The van der Waals surface area contributed by atoms with Crippen LogP contribution in [0.15, 0.2) is 24.3 Å². The second-order valence-electron chi connectivity index (χ2n) is 7.52. The lowest BCUT2D eigenvalue weighted by molar-refractivity contribution is -0.143. The van der Waals surface area contributed by atoms with E-state index in [2.05, 4.69) is 10.6 Å². The van der Waals surface area contributed by atoms with Crippen LogP contribution in [0, 0.1) is 11.8 Å². The SMILES string of the molecule is COCCCN1C(=O)[C@@H]2[C@H](CCSC)N[C@@]3(C(=O)Nc4ccccc43)[C@@H]2C1=O. The van der Waals surface area contributed by atoms with E-state index in [9.17, 15) is 14.4 Å². The van der Waals surface area contributed by atoms with Gasteiger partial charge in [-0.05, 0) is 30.9 Å². The third-order valence-electron chi connectivity index (χ3n) is 6.08. The highest BCUT2D eigenvalue weighted by molar-refractivity contribution is 7.98. The van der Waals surface area contributed by atoms with Gasteiger partial charge in [-0.25, -0.2) is 0 Å². The zero-order valence-corrected chi connectivity index (χ0v) is 16.9. The van der Waals surface area contributed by atoms with Crippen molar-refractivity contribution in [3.8, 4) is 0 Å². The summed E-state index contributed by atoms with van der Waals surface area (Å²) in [6.07, 6.45) is 3.33. The first-order valence-electron chi connectivity index (χ1n) is 9.58. The van der Waals surface area contributed by atoms with Crippen LogP contribution in [0.2, 0.25) is 0 Å². The first-order valence-corrected chi connectivity index (χ1v) is 11.0. The second-order valence-corrected chi connectivity index (χ2v) is 8.50. The Balaban J connectivity index is 1.75. The first-order chi connectivity index (χ1) is 13.6. The van der Waals surface area contributed by atoms with Crippen LogP contribution in [-0.2, 0) is 24.7 Å². The lowest BCUT2D eigenvalue weighted by Gasteiger charge is -2.29. The van der Waals surface area contributed by atoms with Crippen LogP contribution in [-0.4, -0.2) is 60.9 Å². The zero-order chi connectivity index (χ0) is 19.9. The Morgan fingerprint density at radius 1 is 1.21 bits per heavy atom. The van der Waals surface area contributed by atoms with Crippen molar-refractivity contribution in [3.63, 3.8) is 0 Å². The van der Waals surface area contributed by atoms with Crippen LogP contribution in [0.4, 0.5) is 5.69 Å². The number of methoxy groups -OCH3 is 1. The molecule has 0 saturated carbocycles. The molecule has 3 heterocycles. The number of benzene rings is 1. The fraction of sp³-hybridized carbons (Fsp3) is 0.550. The number of carbonyl (C=O) groups excluding carboxylic acids is 3. The summed E-state index contributed by atoms with van der Waals surface area (Å²) in [6.45, 7) is 0.808. The molecule has 2 N–H and O–H groups in total. The van der Waals surface area contributed by atoms with Gasteiger partial charge in [0, 0.05) is 37.6 Å². The van der Waals surface area contributed by atoms with E-state index in [1.807, 2.05) is 30.5 Å². The molecule has 3 aliphatic rings. The second kappa shape index (κ2) is 7.50. The molecule has 1 aromatic rings. The van der Waals surface area contributed by atoms with Gasteiger partial charge >= 0.3 is 0 Å². The minimum Gasteiger partial charge on any atom is -0.385 e. The summed E-state index contributed by atoms with van der Waals surface area (Å²) in [5.41, 5.74) is 0.302. The highest BCUT2D eigenvalue weighted by Gasteiger charge is 2.70. The highest BCUT2D eigenvalue weighted by atomic mass is 32.2. The summed E-state index contributed by atoms with van der Waals surface area (Å²) < 4.78 is 5.07. The highest BCUT2D eigenvalue weighted by Crippen LogP contribution is 2.53. The number of nitrogens with zero attached hydrogens (tertiary/aromatic N) is 1. The number of hydrogen-bond acceptors (Lipinski definition) is 6. The Kier molecular flexibility index (Phi) is 5.20. The molecule has 28 heavy (non-hydrogen) atoms. The van der Waals surface area contributed by atoms with Crippen molar-refractivity contribution in [1.29, 1.82) is 0 Å². The van der Waals surface area contributed by atoms with Gasteiger partial charge in [-0.2, -0.15) is 11.8 Å². The van der Waals surface area contributed by atoms with E-state index >= 15 is 0 Å². The predicted octanol–water partition coefficient (Wildman–Crippen LogP) is 1.20. The van der Waals surface area contributed by atoms with E-state index in [1.165, 1.54) is 4.90 Å². The molecule has 1 spiro atoms. The fourth-order valence-corrected chi connectivity index (χ4v) is 5.39. The Hall–Kier alpha value is -1.90. The van der Waals surface area contributed by atoms with E-state index in [4.69, 9.17) is 4.74 Å². The molecule has 0 radical (unpaired) electrons. The molecule has 8 heteroatoms. The maximum atomic E-state index is 13.4. The fourth-order valence-electron chi connectivity index (χ4n) is 4.90. The number of anilines is 1. The number of hydrogen-bond donors (Lipinski definition) is 2. The van der Waals surface area contributed by atoms with Crippen molar-refractivity contribution in [2.45, 2.75) is 24.4 Å². The number of ether oxygens (including phenoxy) is 1. The maximum Gasteiger partial charge on any atom is 0.250 e. The standard InChI is InChI=1S/C20H25N3O4S/c1-27-10-5-9-23-17(24)15-14(8-11-28-2)22-20(16(15)18(23)25)12-6-3-4-7-13(12)21-19(20)26/h3-4,6-7,14-16,22H,5,8-11H2,1-2H3,(H,21,26)/t14-,15+,16-,20+/m0/s1. The molecule has 2 saturated heterocycles. The monoisotopic (exact) mass is 403 g/mol. The maximum absolute atomic E-state index is 13.4. The number of para-hydroxylation sites is 1. The van der Waals surface area contributed by atoms with Crippen molar-refractivity contribution in [1.82, 2.24) is 10.2 Å². The Labute approximate surface area is 168 Å². The summed E-state index contributed by atoms with van der Waals surface area (Å²) in [6, 6.07) is 7.22. The molecule has 0 aromatic heterocycles. The summed E-state index contributed by atoms with van der Waals surface area (Å²) in [4.78, 5) is 41.1. The quantitative estimate of drug-likeness (QED) is 0.525. The molecule has 150 valence electrons. The van der Waals surface area contributed by atoms with Gasteiger partial charge in [-0.3, -0.25) is 24.6 Å².